The third kappa shape index (κ3) is 3.37. The Kier molecular flexibility index (Phi) is 4.23. The first kappa shape index (κ1) is 13.2. The molecule has 0 atom stereocenters. The summed E-state index contributed by atoms with van der Waals surface area (Å²) in [7, 11) is 3.02. The van der Waals surface area contributed by atoms with Crippen molar-refractivity contribution >= 4 is 16.9 Å². The molecule has 0 aliphatic carbocycles. The molecule has 0 aromatic heterocycles. The van der Waals surface area contributed by atoms with Gasteiger partial charge >= 0.3 is 6.09 Å². The van der Waals surface area contributed by atoms with E-state index in [1.54, 1.807) is 7.11 Å². The predicted octanol–water partition coefficient (Wildman–Crippen LogP) is 2.75. The number of benzene rings is 2. The number of methoxy groups -OCH3 is 2. The van der Waals surface area contributed by atoms with Crippen molar-refractivity contribution in [2.75, 3.05) is 20.8 Å². The van der Waals surface area contributed by atoms with E-state index in [0.717, 1.165) is 22.9 Å². The van der Waals surface area contributed by atoms with Crippen LogP contribution in [-0.4, -0.2) is 26.9 Å². The fraction of sp³-hybridized carbons (Fsp3) is 0.267. The van der Waals surface area contributed by atoms with Crippen molar-refractivity contribution in [2.45, 2.75) is 6.42 Å². The van der Waals surface area contributed by atoms with Gasteiger partial charge in [-0.3, -0.25) is 0 Å². The maximum Gasteiger partial charge on any atom is 0.406 e. The Morgan fingerprint density at radius 1 is 1.11 bits per heavy atom. The Morgan fingerprint density at radius 3 is 2.58 bits per heavy atom. The normalized spacial score (nSPS) is 10.2. The van der Waals surface area contributed by atoms with Crippen LogP contribution in [0.25, 0.3) is 10.8 Å². The van der Waals surface area contributed by atoms with E-state index in [-0.39, 0.29) is 0 Å². The number of fused-ring (bicyclic) bond motifs is 1. The molecule has 0 fully saturated rings. The minimum atomic E-state index is -0.398. The number of rotatable bonds is 4. The molecule has 0 saturated heterocycles. The van der Waals surface area contributed by atoms with Gasteiger partial charge in [-0.25, -0.2) is 4.79 Å². The molecule has 2 aromatic rings. The van der Waals surface area contributed by atoms with Crippen LogP contribution in [0.5, 0.6) is 5.75 Å². The van der Waals surface area contributed by atoms with E-state index in [9.17, 15) is 4.79 Å². The van der Waals surface area contributed by atoms with Crippen LogP contribution in [0.4, 0.5) is 4.79 Å². The van der Waals surface area contributed by atoms with Crippen LogP contribution in [-0.2, 0) is 11.2 Å². The van der Waals surface area contributed by atoms with Crippen LogP contribution >= 0.6 is 0 Å². The summed E-state index contributed by atoms with van der Waals surface area (Å²) in [6.07, 6.45) is 0.377. The molecule has 1 amide bonds. The SMILES string of the molecule is COC(=O)NCCc1ccc2cc(OC)ccc2c1. The zero-order valence-corrected chi connectivity index (χ0v) is 11.1. The second-order valence-electron chi connectivity index (χ2n) is 4.22. The highest BCUT2D eigenvalue weighted by molar-refractivity contribution is 5.84. The second kappa shape index (κ2) is 6.09. The minimum absolute atomic E-state index is 0.398. The van der Waals surface area contributed by atoms with Gasteiger partial charge in [0.25, 0.3) is 0 Å². The van der Waals surface area contributed by atoms with E-state index in [2.05, 4.69) is 28.3 Å². The van der Waals surface area contributed by atoms with Crippen molar-refractivity contribution < 1.29 is 14.3 Å². The average molecular weight is 259 g/mol. The molecular weight excluding hydrogens is 242 g/mol. The summed E-state index contributed by atoms with van der Waals surface area (Å²) < 4.78 is 9.71. The third-order valence-electron chi connectivity index (χ3n) is 2.98. The van der Waals surface area contributed by atoms with Crippen LogP contribution in [0.1, 0.15) is 5.56 Å². The molecule has 4 nitrogen and oxygen atoms in total. The summed E-state index contributed by atoms with van der Waals surface area (Å²) in [6.45, 7) is 0.564. The quantitative estimate of drug-likeness (QED) is 0.918. The first-order valence-electron chi connectivity index (χ1n) is 6.11. The average Bonchev–Trinajstić information content (AvgIpc) is 2.46. The monoisotopic (exact) mass is 259 g/mol. The zero-order chi connectivity index (χ0) is 13.7. The fourth-order valence-electron chi connectivity index (χ4n) is 1.94. The van der Waals surface area contributed by atoms with Crippen LogP contribution in [0.2, 0.25) is 0 Å². The third-order valence-corrected chi connectivity index (χ3v) is 2.98. The summed E-state index contributed by atoms with van der Waals surface area (Å²) in [6, 6.07) is 12.2. The summed E-state index contributed by atoms with van der Waals surface area (Å²) in [4.78, 5) is 10.9. The Morgan fingerprint density at radius 2 is 1.84 bits per heavy atom. The lowest BCUT2D eigenvalue weighted by atomic mass is 10.0. The van der Waals surface area contributed by atoms with Crippen molar-refractivity contribution in [3.8, 4) is 5.75 Å². The van der Waals surface area contributed by atoms with Gasteiger partial charge in [-0.2, -0.15) is 0 Å². The summed E-state index contributed by atoms with van der Waals surface area (Å²) in [5, 5.41) is 4.97. The van der Waals surface area contributed by atoms with E-state index < -0.39 is 6.09 Å². The summed E-state index contributed by atoms with van der Waals surface area (Å²) >= 11 is 0. The van der Waals surface area contributed by atoms with Crippen LogP contribution in [0.15, 0.2) is 36.4 Å². The zero-order valence-electron chi connectivity index (χ0n) is 11.1. The standard InChI is InChI=1S/C15H17NO3/c1-18-14-6-5-12-9-11(3-4-13(12)10-14)7-8-16-15(17)19-2/h3-6,9-10H,7-8H2,1-2H3,(H,16,17). The number of hydrogen-bond acceptors (Lipinski definition) is 3. The Bertz CT molecular complexity index is 581. The molecule has 1 N–H and O–H groups in total. The van der Waals surface area contributed by atoms with Gasteiger partial charge in [0.15, 0.2) is 0 Å². The molecule has 0 aliphatic rings. The van der Waals surface area contributed by atoms with E-state index in [1.165, 1.54) is 12.7 Å². The molecule has 0 saturated carbocycles. The number of hydrogen-bond donors (Lipinski definition) is 1. The molecule has 19 heavy (non-hydrogen) atoms. The van der Waals surface area contributed by atoms with Crippen molar-refractivity contribution in [3.63, 3.8) is 0 Å². The number of carbonyl (C=O) groups is 1. The van der Waals surface area contributed by atoms with Gasteiger partial charge in [-0.05, 0) is 34.9 Å². The van der Waals surface area contributed by atoms with E-state index in [1.807, 2.05) is 18.2 Å². The molecule has 0 spiro atoms. The van der Waals surface area contributed by atoms with Crippen LogP contribution < -0.4 is 10.1 Å². The van der Waals surface area contributed by atoms with Crippen molar-refractivity contribution in [2.24, 2.45) is 0 Å². The topological polar surface area (TPSA) is 47.6 Å². The lowest BCUT2D eigenvalue weighted by molar-refractivity contribution is 0.171. The Hall–Kier alpha value is -2.23. The molecule has 0 radical (unpaired) electrons. The predicted molar refractivity (Wildman–Crippen MR) is 74.6 cm³/mol. The van der Waals surface area contributed by atoms with Gasteiger partial charge in [0.2, 0.25) is 0 Å². The van der Waals surface area contributed by atoms with Gasteiger partial charge in [-0.1, -0.05) is 24.3 Å². The molecule has 100 valence electrons. The van der Waals surface area contributed by atoms with Crippen molar-refractivity contribution in [1.82, 2.24) is 5.32 Å². The van der Waals surface area contributed by atoms with E-state index in [0.29, 0.717) is 6.54 Å². The molecular formula is C15H17NO3. The first-order chi connectivity index (χ1) is 9.22. The van der Waals surface area contributed by atoms with Gasteiger partial charge in [-0.15, -0.1) is 0 Å². The van der Waals surface area contributed by atoms with Gasteiger partial charge in [0.1, 0.15) is 5.75 Å². The van der Waals surface area contributed by atoms with Gasteiger partial charge in [0, 0.05) is 6.54 Å². The molecule has 2 aromatic carbocycles. The highest BCUT2D eigenvalue weighted by atomic mass is 16.5. The molecule has 2 rings (SSSR count). The number of carbonyl (C=O) groups excluding carboxylic acids is 1. The Balaban J connectivity index is 2.07. The highest BCUT2D eigenvalue weighted by Gasteiger charge is 2.01. The lowest BCUT2D eigenvalue weighted by Gasteiger charge is -2.06. The maximum absolute atomic E-state index is 10.9. The Labute approximate surface area is 112 Å². The largest absolute Gasteiger partial charge is 0.497 e. The van der Waals surface area contributed by atoms with Crippen molar-refractivity contribution in [3.05, 3.63) is 42.0 Å². The lowest BCUT2D eigenvalue weighted by Crippen LogP contribution is -2.25. The van der Waals surface area contributed by atoms with E-state index in [4.69, 9.17) is 4.74 Å². The minimum Gasteiger partial charge on any atom is -0.497 e. The molecule has 0 heterocycles. The van der Waals surface area contributed by atoms with Gasteiger partial charge < -0.3 is 14.8 Å². The second-order valence-corrected chi connectivity index (χ2v) is 4.22. The fourth-order valence-corrected chi connectivity index (χ4v) is 1.94. The van der Waals surface area contributed by atoms with Crippen LogP contribution in [0.3, 0.4) is 0 Å². The number of ether oxygens (including phenoxy) is 2. The number of alkyl carbamates (subject to hydrolysis) is 1. The smallest absolute Gasteiger partial charge is 0.406 e. The molecule has 0 aliphatic heterocycles. The molecule has 0 bridgehead atoms. The van der Waals surface area contributed by atoms with Crippen molar-refractivity contribution in [1.29, 1.82) is 0 Å². The number of amides is 1. The van der Waals surface area contributed by atoms with E-state index >= 15 is 0 Å². The van der Waals surface area contributed by atoms with Gasteiger partial charge in [0.05, 0.1) is 14.2 Å². The molecule has 4 heteroatoms. The number of nitrogens with one attached hydrogen (secondary N) is 1. The molecule has 0 unspecified atom stereocenters. The summed E-state index contributed by atoms with van der Waals surface area (Å²) in [5.41, 5.74) is 1.18. The maximum atomic E-state index is 10.9. The summed E-state index contributed by atoms with van der Waals surface area (Å²) in [5.74, 6) is 0.854. The highest BCUT2D eigenvalue weighted by Crippen LogP contribution is 2.21. The van der Waals surface area contributed by atoms with Crippen LogP contribution in [0, 0.1) is 0 Å². The first-order valence-corrected chi connectivity index (χ1v) is 6.11.